The predicted octanol–water partition coefficient (Wildman–Crippen LogP) is 3.11. The summed E-state index contributed by atoms with van der Waals surface area (Å²) in [4.78, 5) is 0.641. The molecule has 2 fully saturated rings. The van der Waals surface area contributed by atoms with E-state index in [4.69, 9.17) is 9.47 Å². The first-order chi connectivity index (χ1) is 12.3. The number of allylic oxidation sites excluding steroid dienone is 1. The van der Waals surface area contributed by atoms with Gasteiger partial charge in [-0.3, -0.25) is 0 Å². The van der Waals surface area contributed by atoms with Gasteiger partial charge in [0.05, 0.1) is 28.6 Å². The molecule has 0 unspecified atom stereocenters. The molecular formula is C20H26O5S. The van der Waals surface area contributed by atoms with Gasteiger partial charge in [0.25, 0.3) is 0 Å². The summed E-state index contributed by atoms with van der Waals surface area (Å²) in [6.45, 7) is 2.76. The lowest BCUT2D eigenvalue weighted by molar-refractivity contribution is -0.170. The molecule has 4 rings (SSSR count). The second-order valence-corrected chi connectivity index (χ2v) is 9.85. The van der Waals surface area contributed by atoms with E-state index >= 15 is 0 Å². The van der Waals surface area contributed by atoms with E-state index in [1.807, 2.05) is 19.1 Å². The third kappa shape index (κ3) is 3.13. The first-order valence-electron chi connectivity index (χ1n) is 9.37. The van der Waals surface area contributed by atoms with Gasteiger partial charge in [-0.15, -0.1) is 0 Å². The molecule has 2 aliphatic carbocycles. The van der Waals surface area contributed by atoms with Gasteiger partial charge in [0.1, 0.15) is 0 Å². The number of benzene rings is 1. The van der Waals surface area contributed by atoms with Crippen LogP contribution in [-0.2, 0) is 19.3 Å². The minimum absolute atomic E-state index is 0.0871. The SMILES string of the molecule is Cc1ccc(S(=O)(=O)/C2=C/C3(C[C@@]4(O)CCC[C@@H]4CC2)OCCO3)cc1. The molecule has 26 heavy (non-hydrogen) atoms. The summed E-state index contributed by atoms with van der Waals surface area (Å²) in [6, 6.07) is 6.92. The van der Waals surface area contributed by atoms with Crippen LogP contribution in [0.25, 0.3) is 0 Å². The van der Waals surface area contributed by atoms with Crippen molar-refractivity contribution in [2.24, 2.45) is 5.92 Å². The van der Waals surface area contributed by atoms with Gasteiger partial charge >= 0.3 is 0 Å². The van der Waals surface area contributed by atoms with Gasteiger partial charge in [-0.2, -0.15) is 0 Å². The van der Waals surface area contributed by atoms with Crippen LogP contribution in [0.15, 0.2) is 40.1 Å². The van der Waals surface area contributed by atoms with E-state index < -0.39 is 21.2 Å². The van der Waals surface area contributed by atoms with Crippen LogP contribution in [-0.4, -0.2) is 38.1 Å². The third-order valence-electron chi connectivity index (χ3n) is 6.05. The van der Waals surface area contributed by atoms with Gasteiger partial charge in [-0.1, -0.05) is 24.1 Å². The highest BCUT2D eigenvalue weighted by atomic mass is 32.2. The zero-order valence-electron chi connectivity index (χ0n) is 15.1. The summed E-state index contributed by atoms with van der Waals surface area (Å²) < 4.78 is 38.2. The lowest BCUT2D eigenvalue weighted by atomic mass is 9.80. The molecule has 1 aromatic carbocycles. The van der Waals surface area contributed by atoms with Crippen LogP contribution in [0, 0.1) is 12.8 Å². The lowest BCUT2D eigenvalue weighted by Gasteiger charge is -2.39. The van der Waals surface area contributed by atoms with Crippen molar-refractivity contribution in [2.75, 3.05) is 13.2 Å². The minimum atomic E-state index is -3.61. The fourth-order valence-corrected chi connectivity index (χ4v) is 6.14. The standard InChI is InChI=1S/C20H26O5S/c1-15-4-7-17(8-5-15)26(22,23)18-9-6-16-3-2-10-19(16,21)14-20(13-18)24-11-12-25-20/h4-5,7-8,13,16,21H,2-3,6,9-12,14H2,1H3/b18-13+/t16-,19+/m1/s1. The van der Waals surface area contributed by atoms with Crippen molar-refractivity contribution in [1.29, 1.82) is 0 Å². The highest BCUT2D eigenvalue weighted by Crippen LogP contribution is 2.48. The van der Waals surface area contributed by atoms with E-state index in [9.17, 15) is 13.5 Å². The van der Waals surface area contributed by atoms with Gasteiger partial charge in [0.2, 0.25) is 9.84 Å². The summed E-state index contributed by atoms with van der Waals surface area (Å²) in [5.74, 6) is -1.05. The molecule has 1 spiro atoms. The van der Waals surface area contributed by atoms with Gasteiger partial charge in [-0.05, 0) is 56.7 Å². The van der Waals surface area contributed by atoms with Gasteiger partial charge in [-0.25, -0.2) is 8.42 Å². The highest BCUT2D eigenvalue weighted by molar-refractivity contribution is 7.95. The highest BCUT2D eigenvalue weighted by Gasteiger charge is 2.51. The molecule has 0 bridgehead atoms. The van der Waals surface area contributed by atoms with Gasteiger partial charge in [0, 0.05) is 6.42 Å². The maximum atomic E-state index is 13.2. The number of aliphatic hydroxyl groups is 1. The van der Waals surface area contributed by atoms with Crippen LogP contribution in [0.1, 0.15) is 44.1 Å². The molecule has 0 radical (unpaired) electrons. The molecule has 5 nitrogen and oxygen atoms in total. The molecule has 1 N–H and O–H groups in total. The first-order valence-corrected chi connectivity index (χ1v) is 10.9. The summed E-state index contributed by atoms with van der Waals surface area (Å²) in [5.41, 5.74) is 0.186. The van der Waals surface area contributed by atoms with Crippen molar-refractivity contribution in [3.8, 4) is 0 Å². The number of ether oxygens (including phenoxy) is 2. The number of sulfone groups is 1. The zero-order chi connectivity index (χ0) is 18.4. The zero-order valence-corrected chi connectivity index (χ0v) is 15.9. The Morgan fingerprint density at radius 1 is 1.12 bits per heavy atom. The Bertz CT molecular complexity index is 805. The number of hydrogen-bond acceptors (Lipinski definition) is 5. The summed E-state index contributed by atoms with van der Waals surface area (Å²) in [5, 5.41) is 11.1. The second kappa shape index (κ2) is 6.44. The van der Waals surface area contributed by atoms with Gasteiger partial charge < -0.3 is 14.6 Å². The van der Waals surface area contributed by atoms with Crippen LogP contribution in [0.5, 0.6) is 0 Å². The van der Waals surface area contributed by atoms with Crippen molar-refractivity contribution in [3.63, 3.8) is 0 Å². The van der Waals surface area contributed by atoms with E-state index in [0.29, 0.717) is 42.3 Å². The molecular weight excluding hydrogens is 352 g/mol. The van der Waals surface area contributed by atoms with Crippen molar-refractivity contribution >= 4 is 9.84 Å². The third-order valence-corrected chi connectivity index (χ3v) is 7.95. The van der Waals surface area contributed by atoms with E-state index in [1.165, 1.54) is 0 Å². The number of aryl methyl sites for hydroxylation is 1. The Balaban J connectivity index is 1.76. The molecule has 1 aliphatic heterocycles. The Morgan fingerprint density at radius 3 is 2.50 bits per heavy atom. The number of rotatable bonds is 2. The second-order valence-electron chi connectivity index (χ2n) is 7.84. The Hall–Kier alpha value is -1.21. The van der Waals surface area contributed by atoms with Crippen LogP contribution >= 0.6 is 0 Å². The van der Waals surface area contributed by atoms with Crippen molar-refractivity contribution in [3.05, 3.63) is 40.8 Å². The predicted molar refractivity (Wildman–Crippen MR) is 97.2 cm³/mol. The van der Waals surface area contributed by atoms with E-state index in [1.54, 1.807) is 18.2 Å². The Labute approximate surface area is 154 Å². The van der Waals surface area contributed by atoms with Crippen LogP contribution in [0.3, 0.4) is 0 Å². The molecule has 1 saturated carbocycles. The monoisotopic (exact) mass is 378 g/mol. The average molecular weight is 378 g/mol. The molecule has 142 valence electrons. The summed E-state index contributed by atoms with van der Waals surface area (Å²) in [6.07, 6.45) is 5.60. The van der Waals surface area contributed by atoms with Crippen LogP contribution < -0.4 is 0 Å². The van der Waals surface area contributed by atoms with Crippen molar-refractivity contribution < 1.29 is 23.0 Å². The van der Waals surface area contributed by atoms with Gasteiger partial charge in [0.15, 0.2) is 5.79 Å². The van der Waals surface area contributed by atoms with Crippen molar-refractivity contribution in [1.82, 2.24) is 0 Å². The fourth-order valence-electron chi connectivity index (χ4n) is 4.62. The van der Waals surface area contributed by atoms with Crippen LogP contribution in [0.4, 0.5) is 0 Å². The molecule has 2 atom stereocenters. The van der Waals surface area contributed by atoms with Crippen molar-refractivity contribution in [2.45, 2.75) is 61.7 Å². The Kier molecular flexibility index (Phi) is 4.50. The molecule has 1 heterocycles. The molecule has 6 heteroatoms. The topological polar surface area (TPSA) is 72.8 Å². The largest absolute Gasteiger partial charge is 0.389 e. The molecule has 0 amide bonds. The average Bonchev–Trinajstić information content (AvgIpc) is 3.17. The van der Waals surface area contributed by atoms with E-state index in [-0.39, 0.29) is 5.92 Å². The number of fused-ring (bicyclic) bond motifs is 1. The summed E-state index contributed by atoms with van der Waals surface area (Å²) in [7, 11) is -3.61. The number of hydrogen-bond donors (Lipinski definition) is 1. The lowest BCUT2D eigenvalue weighted by Crippen LogP contribution is -2.45. The molecule has 0 aromatic heterocycles. The maximum absolute atomic E-state index is 13.2. The first kappa shape index (κ1) is 18.2. The quantitative estimate of drug-likeness (QED) is 0.856. The fraction of sp³-hybridized carbons (Fsp3) is 0.600. The molecule has 1 aromatic rings. The molecule has 3 aliphatic rings. The van der Waals surface area contributed by atoms with E-state index in [0.717, 1.165) is 24.8 Å². The minimum Gasteiger partial charge on any atom is -0.389 e. The normalized spacial score (nSPS) is 33.3. The maximum Gasteiger partial charge on any atom is 0.202 e. The van der Waals surface area contributed by atoms with Crippen LogP contribution in [0.2, 0.25) is 0 Å². The Morgan fingerprint density at radius 2 is 1.81 bits per heavy atom. The summed E-state index contributed by atoms with van der Waals surface area (Å²) >= 11 is 0. The smallest absolute Gasteiger partial charge is 0.202 e. The molecule has 1 saturated heterocycles. The van der Waals surface area contributed by atoms with E-state index in [2.05, 4.69) is 0 Å².